The number of hydrogen-bond acceptors (Lipinski definition) is 3. The van der Waals surface area contributed by atoms with E-state index in [4.69, 9.17) is 5.73 Å². The summed E-state index contributed by atoms with van der Waals surface area (Å²) >= 11 is 0. The molecule has 0 atom stereocenters. The second-order valence-electron chi connectivity index (χ2n) is 3.47. The maximum absolute atomic E-state index is 10.9. The van der Waals surface area contributed by atoms with E-state index in [1.807, 2.05) is 30.3 Å². The van der Waals surface area contributed by atoms with Gasteiger partial charge in [-0.3, -0.25) is 9.48 Å². The average Bonchev–Trinajstić information content (AvgIpc) is 2.74. The molecule has 2 rings (SSSR count). The van der Waals surface area contributed by atoms with Crippen molar-refractivity contribution in [1.82, 2.24) is 9.78 Å². The Morgan fingerprint density at radius 1 is 1.31 bits per heavy atom. The number of rotatable bonds is 4. The maximum atomic E-state index is 10.9. The fourth-order valence-electron chi connectivity index (χ4n) is 1.59. The molecule has 0 saturated heterocycles. The van der Waals surface area contributed by atoms with Gasteiger partial charge in [-0.1, -0.05) is 30.3 Å². The molecule has 4 heteroatoms. The van der Waals surface area contributed by atoms with Gasteiger partial charge < -0.3 is 5.73 Å². The first-order chi connectivity index (χ1) is 7.85. The first-order valence-corrected chi connectivity index (χ1v) is 5.13. The molecular weight excluding hydrogens is 202 g/mol. The number of aldehydes is 1. The number of nitrogens with two attached hydrogens (primary N) is 1. The third-order valence-electron chi connectivity index (χ3n) is 2.32. The van der Waals surface area contributed by atoms with E-state index in [-0.39, 0.29) is 0 Å². The Hall–Kier alpha value is -1.94. The van der Waals surface area contributed by atoms with Gasteiger partial charge in [0.2, 0.25) is 0 Å². The van der Waals surface area contributed by atoms with Crippen LogP contribution in [0.25, 0.3) is 11.3 Å². The van der Waals surface area contributed by atoms with Crippen LogP contribution in [-0.2, 0) is 6.54 Å². The summed E-state index contributed by atoms with van der Waals surface area (Å²) in [6.45, 7) is 1.13. The van der Waals surface area contributed by atoms with Crippen LogP contribution in [0.1, 0.15) is 10.4 Å². The molecule has 1 heterocycles. The zero-order valence-corrected chi connectivity index (χ0v) is 8.84. The largest absolute Gasteiger partial charge is 0.329 e. The van der Waals surface area contributed by atoms with E-state index in [2.05, 4.69) is 5.10 Å². The summed E-state index contributed by atoms with van der Waals surface area (Å²) in [7, 11) is 0. The molecule has 0 spiro atoms. The van der Waals surface area contributed by atoms with Crippen molar-refractivity contribution in [3.8, 4) is 11.3 Å². The number of aromatic nitrogens is 2. The second kappa shape index (κ2) is 4.72. The molecule has 0 aliphatic carbocycles. The molecule has 0 aliphatic heterocycles. The Bertz CT molecular complexity index is 476. The molecule has 0 fully saturated rings. The summed E-state index contributed by atoms with van der Waals surface area (Å²) in [5.41, 5.74) is 7.70. The van der Waals surface area contributed by atoms with Gasteiger partial charge >= 0.3 is 0 Å². The summed E-state index contributed by atoms with van der Waals surface area (Å²) in [6.07, 6.45) is 2.55. The fourth-order valence-corrected chi connectivity index (χ4v) is 1.59. The van der Waals surface area contributed by atoms with E-state index in [9.17, 15) is 4.79 Å². The van der Waals surface area contributed by atoms with Crippen molar-refractivity contribution in [1.29, 1.82) is 0 Å². The fraction of sp³-hybridized carbons (Fsp3) is 0.167. The van der Waals surface area contributed by atoms with Gasteiger partial charge in [0, 0.05) is 18.3 Å². The quantitative estimate of drug-likeness (QED) is 0.782. The zero-order valence-electron chi connectivity index (χ0n) is 8.84. The van der Waals surface area contributed by atoms with Crippen LogP contribution in [0.3, 0.4) is 0 Å². The monoisotopic (exact) mass is 215 g/mol. The van der Waals surface area contributed by atoms with Crippen molar-refractivity contribution in [3.05, 3.63) is 42.1 Å². The molecule has 0 radical (unpaired) electrons. The molecule has 0 unspecified atom stereocenters. The van der Waals surface area contributed by atoms with Crippen LogP contribution in [-0.4, -0.2) is 22.6 Å². The first kappa shape index (κ1) is 10.6. The Labute approximate surface area is 93.7 Å². The van der Waals surface area contributed by atoms with Crippen LogP contribution in [0, 0.1) is 0 Å². The van der Waals surface area contributed by atoms with Gasteiger partial charge in [0.25, 0.3) is 0 Å². The maximum Gasteiger partial charge on any atom is 0.153 e. The minimum absolute atomic E-state index is 0.508. The van der Waals surface area contributed by atoms with Gasteiger partial charge in [-0.05, 0) is 0 Å². The molecule has 0 bridgehead atoms. The Kier molecular flexibility index (Phi) is 3.12. The summed E-state index contributed by atoms with van der Waals surface area (Å²) in [4.78, 5) is 10.9. The number of hydrogen-bond donors (Lipinski definition) is 1. The van der Waals surface area contributed by atoms with Crippen LogP contribution in [0.15, 0.2) is 36.5 Å². The van der Waals surface area contributed by atoms with Gasteiger partial charge in [0.1, 0.15) is 5.69 Å². The van der Waals surface area contributed by atoms with E-state index in [0.717, 1.165) is 11.8 Å². The highest BCUT2D eigenvalue weighted by Crippen LogP contribution is 2.20. The normalized spacial score (nSPS) is 10.3. The molecular formula is C12H13N3O. The van der Waals surface area contributed by atoms with Gasteiger partial charge in [-0.2, -0.15) is 5.10 Å². The van der Waals surface area contributed by atoms with Crippen LogP contribution >= 0.6 is 0 Å². The molecule has 0 amide bonds. The zero-order chi connectivity index (χ0) is 11.4. The average molecular weight is 215 g/mol. The predicted octanol–water partition coefficient (Wildman–Crippen LogP) is 1.32. The SMILES string of the molecule is NCCn1cc(C=O)c(-c2ccccc2)n1. The van der Waals surface area contributed by atoms with Crippen LogP contribution in [0.2, 0.25) is 0 Å². The molecule has 0 aliphatic rings. The van der Waals surface area contributed by atoms with Crippen molar-refractivity contribution >= 4 is 6.29 Å². The number of benzene rings is 1. The highest BCUT2D eigenvalue weighted by molar-refractivity contribution is 5.85. The third kappa shape index (κ3) is 2.01. The molecule has 16 heavy (non-hydrogen) atoms. The van der Waals surface area contributed by atoms with Gasteiger partial charge in [0.15, 0.2) is 6.29 Å². The predicted molar refractivity (Wildman–Crippen MR) is 62.1 cm³/mol. The van der Waals surface area contributed by atoms with E-state index < -0.39 is 0 Å². The molecule has 2 aromatic rings. The lowest BCUT2D eigenvalue weighted by Crippen LogP contribution is -2.10. The standard InChI is InChI=1S/C12H13N3O/c13-6-7-15-8-11(9-16)12(14-15)10-4-2-1-3-5-10/h1-5,8-9H,6-7,13H2. The van der Waals surface area contributed by atoms with E-state index in [1.54, 1.807) is 10.9 Å². The van der Waals surface area contributed by atoms with Crippen molar-refractivity contribution in [3.63, 3.8) is 0 Å². The lowest BCUT2D eigenvalue weighted by Gasteiger charge is -1.97. The molecule has 1 aromatic carbocycles. The van der Waals surface area contributed by atoms with Gasteiger partial charge in [-0.15, -0.1) is 0 Å². The first-order valence-electron chi connectivity index (χ1n) is 5.13. The van der Waals surface area contributed by atoms with Crippen molar-refractivity contribution in [2.24, 2.45) is 5.73 Å². The minimum atomic E-state index is 0.508. The Balaban J connectivity index is 2.43. The topological polar surface area (TPSA) is 60.9 Å². The summed E-state index contributed by atoms with van der Waals surface area (Å²) in [6, 6.07) is 9.64. The van der Waals surface area contributed by atoms with E-state index in [1.165, 1.54) is 0 Å². The molecule has 4 nitrogen and oxygen atoms in total. The molecule has 82 valence electrons. The summed E-state index contributed by atoms with van der Waals surface area (Å²) < 4.78 is 1.70. The molecule has 0 saturated carbocycles. The van der Waals surface area contributed by atoms with Gasteiger partial charge in [0.05, 0.1) is 12.1 Å². The summed E-state index contributed by atoms with van der Waals surface area (Å²) in [5.74, 6) is 0. The van der Waals surface area contributed by atoms with Gasteiger partial charge in [-0.25, -0.2) is 0 Å². The van der Waals surface area contributed by atoms with E-state index >= 15 is 0 Å². The molecule has 1 aromatic heterocycles. The van der Waals surface area contributed by atoms with Crippen molar-refractivity contribution in [2.45, 2.75) is 6.54 Å². The smallest absolute Gasteiger partial charge is 0.153 e. The number of carbonyl (C=O) groups excluding carboxylic acids is 1. The Morgan fingerprint density at radius 2 is 2.06 bits per heavy atom. The second-order valence-corrected chi connectivity index (χ2v) is 3.47. The lowest BCUT2D eigenvalue weighted by atomic mass is 10.1. The molecule has 2 N–H and O–H groups in total. The number of nitrogens with zero attached hydrogens (tertiary/aromatic N) is 2. The highest BCUT2D eigenvalue weighted by atomic mass is 16.1. The highest BCUT2D eigenvalue weighted by Gasteiger charge is 2.09. The minimum Gasteiger partial charge on any atom is -0.329 e. The third-order valence-corrected chi connectivity index (χ3v) is 2.32. The number of carbonyl (C=O) groups is 1. The van der Waals surface area contributed by atoms with Crippen LogP contribution in [0.5, 0.6) is 0 Å². The van der Waals surface area contributed by atoms with Crippen LogP contribution < -0.4 is 5.73 Å². The summed E-state index contributed by atoms with van der Waals surface area (Å²) in [5, 5.41) is 4.35. The van der Waals surface area contributed by atoms with Crippen molar-refractivity contribution < 1.29 is 4.79 Å². The van der Waals surface area contributed by atoms with Crippen molar-refractivity contribution in [2.75, 3.05) is 6.54 Å². The van der Waals surface area contributed by atoms with Crippen LogP contribution in [0.4, 0.5) is 0 Å². The Morgan fingerprint density at radius 3 is 2.69 bits per heavy atom. The van der Waals surface area contributed by atoms with E-state index in [0.29, 0.717) is 24.3 Å². The lowest BCUT2D eigenvalue weighted by molar-refractivity contribution is 0.112.